The van der Waals surface area contributed by atoms with Gasteiger partial charge >= 0.3 is 0 Å². The van der Waals surface area contributed by atoms with E-state index in [1.54, 1.807) is 0 Å². The molecule has 0 radical (unpaired) electrons. The molecule has 0 unspecified atom stereocenters. The lowest BCUT2D eigenvalue weighted by Gasteiger charge is -2.27. The Kier molecular flexibility index (Phi) is 5.92. The predicted molar refractivity (Wildman–Crippen MR) is 65.5 cm³/mol. The predicted octanol–water partition coefficient (Wildman–Crippen LogP) is 1.22. The molecule has 0 aliphatic heterocycles. The van der Waals surface area contributed by atoms with Crippen molar-refractivity contribution in [1.82, 2.24) is 15.0 Å². The molecule has 16 heavy (non-hydrogen) atoms. The minimum Gasteiger partial charge on any atom is -0.338 e. The van der Waals surface area contributed by atoms with Gasteiger partial charge in [0.25, 0.3) is 0 Å². The summed E-state index contributed by atoms with van der Waals surface area (Å²) in [5, 5.41) is 3.75. The molecule has 2 N–H and O–H groups in total. The van der Waals surface area contributed by atoms with Gasteiger partial charge in [-0.15, -0.1) is 12.4 Å². The van der Waals surface area contributed by atoms with Gasteiger partial charge in [-0.1, -0.05) is 19.0 Å². The van der Waals surface area contributed by atoms with Crippen LogP contribution in [0, 0.1) is 12.3 Å². The average Bonchev–Trinajstić information content (AvgIpc) is 2.50. The van der Waals surface area contributed by atoms with Gasteiger partial charge in [0.15, 0.2) is 5.82 Å². The molecular formula is C10H21ClN4O. The SMILES string of the molecule is Cc1noc(CN(C)CC(C)(C)CN)n1.Cl. The number of halogens is 1. The lowest BCUT2D eigenvalue weighted by atomic mass is 9.93. The molecule has 0 bridgehead atoms. The van der Waals surface area contributed by atoms with E-state index in [0.29, 0.717) is 24.8 Å². The van der Waals surface area contributed by atoms with Crippen LogP contribution in [0.3, 0.4) is 0 Å². The molecule has 0 aliphatic carbocycles. The van der Waals surface area contributed by atoms with Crippen molar-refractivity contribution in [2.75, 3.05) is 20.1 Å². The number of nitrogens with zero attached hydrogens (tertiary/aromatic N) is 3. The van der Waals surface area contributed by atoms with Gasteiger partial charge in [0.1, 0.15) is 0 Å². The molecule has 0 spiro atoms. The zero-order valence-corrected chi connectivity index (χ0v) is 11.2. The highest BCUT2D eigenvalue weighted by Crippen LogP contribution is 2.14. The molecular weight excluding hydrogens is 228 g/mol. The van der Waals surface area contributed by atoms with Gasteiger partial charge in [-0.3, -0.25) is 4.90 Å². The maximum atomic E-state index is 5.67. The second-order valence-electron chi connectivity index (χ2n) is 4.78. The quantitative estimate of drug-likeness (QED) is 0.849. The molecule has 0 saturated carbocycles. The maximum Gasteiger partial charge on any atom is 0.240 e. The smallest absolute Gasteiger partial charge is 0.240 e. The fourth-order valence-corrected chi connectivity index (χ4v) is 1.49. The minimum absolute atomic E-state index is 0. The number of rotatable bonds is 5. The molecule has 1 aromatic rings. The van der Waals surface area contributed by atoms with Gasteiger partial charge in [-0.25, -0.2) is 0 Å². The van der Waals surface area contributed by atoms with Crippen molar-refractivity contribution in [3.63, 3.8) is 0 Å². The Hall–Kier alpha value is -0.650. The molecule has 1 rings (SSSR count). The number of hydrogen-bond acceptors (Lipinski definition) is 5. The van der Waals surface area contributed by atoms with E-state index >= 15 is 0 Å². The highest BCUT2D eigenvalue weighted by atomic mass is 35.5. The van der Waals surface area contributed by atoms with Gasteiger partial charge in [0.05, 0.1) is 6.54 Å². The van der Waals surface area contributed by atoms with Crippen LogP contribution in [0.4, 0.5) is 0 Å². The summed E-state index contributed by atoms with van der Waals surface area (Å²) >= 11 is 0. The van der Waals surface area contributed by atoms with Crippen LogP contribution in [0.15, 0.2) is 4.52 Å². The van der Waals surface area contributed by atoms with Crippen LogP contribution in [-0.2, 0) is 6.54 Å². The first-order chi connectivity index (χ1) is 6.93. The van der Waals surface area contributed by atoms with Crippen molar-refractivity contribution in [2.45, 2.75) is 27.3 Å². The summed E-state index contributed by atoms with van der Waals surface area (Å²) in [7, 11) is 2.02. The van der Waals surface area contributed by atoms with Crippen molar-refractivity contribution >= 4 is 12.4 Å². The van der Waals surface area contributed by atoms with Crippen LogP contribution in [0.1, 0.15) is 25.6 Å². The van der Waals surface area contributed by atoms with Crippen LogP contribution < -0.4 is 5.73 Å². The summed E-state index contributed by atoms with van der Waals surface area (Å²) in [6.45, 7) is 8.34. The van der Waals surface area contributed by atoms with E-state index in [-0.39, 0.29) is 17.8 Å². The minimum atomic E-state index is 0. The fraction of sp³-hybridized carbons (Fsp3) is 0.800. The topological polar surface area (TPSA) is 68.2 Å². The molecule has 0 aromatic carbocycles. The second kappa shape index (κ2) is 6.18. The van der Waals surface area contributed by atoms with Crippen molar-refractivity contribution in [3.05, 3.63) is 11.7 Å². The third-order valence-electron chi connectivity index (χ3n) is 2.23. The first-order valence-electron chi connectivity index (χ1n) is 5.11. The highest BCUT2D eigenvalue weighted by Gasteiger charge is 2.19. The third kappa shape index (κ3) is 4.92. The Morgan fingerprint density at radius 2 is 2.06 bits per heavy atom. The number of aromatic nitrogens is 2. The zero-order valence-electron chi connectivity index (χ0n) is 10.4. The lowest BCUT2D eigenvalue weighted by Crippen LogP contribution is -2.36. The summed E-state index contributed by atoms with van der Waals surface area (Å²) in [5.41, 5.74) is 5.79. The van der Waals surface area contributed by atoms with Gasteiger partial charge in [-0.05, 0) is 25.9 Å². The van der Waals surface area contributed by atoms with Gasteiger partial charge in [-0.2, -0.15) is 4.98 Å². The fourth-order valence-electron chi connectivity index (χ4n) is 1.49. The second-order valence-corrected chi connectivity index (χ2v) is 4.78. The molecule has 1 heterocycles. The number of aryl methyl sites for hydroxylation is 1. The molecule has 0 amide bonds. The van der Waals surface area contributed by atoms with Crippen molar-refractivity contribution < 1.29 is 4.52 Å². The van der Waals surface area contributed by atoms with E-state index in [2.05, 4.69) is 28.9 Å². The van der Waals surface area contributed by atoms with Crippen LogP contribution in [0.25, 0.3) is 0 Å². The molecule has 0 fully saturated rings. The summed E-state index contributed by atoms with van der Waals surface area (Å²) in [6.07, 6.45) is 0. The normalized spacial score (nSPS) is 11.6. The summed E-state index contributed by atoms with van der Waals surface area (Å²) in [4.78, 5) is 6.29. The Bertz CT molecular complexity index is 314. The molecule has 94 valence electrons. The van der Waals surface area contributed by atoms with E-state index < -0.39 is 0 Å². The lowest BCUT2D eigenvalue weighted by molar-refractivity contribution is 0.189. The number of nitrogens with two attached hydrogens (primary N) is 1. The van der Waals surface area contributed by atoms with Crippen LogP contribution in [0.2, 0.25) is 0 Å². The van der Waals surface area contributed by atoms with E-state index in [1.807, 2.05) is 14.0 Å². The van der Waals surface area contributed by atoms with E-state index in [4.69, 9.17) is 10.3 Å². The third-order valence-corrected chi connectivity index (χ3v) is 2.23. The molecule has 0 saturated heterocycles. The first kappa shape index (κ1) is 15.3. The summed E-state index contributed by atoms with van der Waals surface area (Å²) in [6, 6.07) is 0. The van der Waals surface area contributed by atoms with E-state index in [1.165, 1.54) is 0 Å². The molecule has 0 aliphatic rings. The van der Waals surface area contributed by atoms with Crippen molar-refractivity contribution in [3.8, 4) is 0 Å². The first-order valence-corrected chi connectivity index (χ1v) is 5.11. The summed E-state index contributed by atoms with van der Waals surface area (Å²) < 4.78 is 5.05. The van der Waals surface area contributed by atoms with Crippen LogP contribution >= 0.6 is 12.4 Å². The molecule has 1 aromatic heterocycles. The summed E-state index contributed by atoms with van der Waals surface area (Å²) in [5.74, 6) is 1.33. The van der Waals surface area contributed by atoms with Gasteiger partial charge in [0, 0.05) is 6.54 Å². The molecule has 6 heteroatoms. The molecule has 5 nitrogen and oxygen atoms in total. The van der Waals surface area contributed by atoms with Crippen molar-refractivity contribution in [1.29, 1.82) is 0 Å². The maximum absolute atomic E-state index is 5.67. The molecule has 0 atom stereocenters. The Morgan fingerprint density at radius 3 is 2.50 bits per heavy atom. The highest BCUT2D eigenvalue weighted by molar-refractivity contribution is 5.85. The average molecular weight is 249 g/mol. The zero-order chi connectivity index (χ0) is 11.5. The number of hydrogen-bond donors (Lipinski definition) is 1. The largest absolute Gasteiger partial charge is 0.338 e. The Balaban J connectivity index is 0.00000225. The van der Waals surface area contributed by atoms with E-state index in [9.17, 15) is 0 Å². The monoisotopic (exact) mass is 248 g/mol. The van der Waals surface area contributed by atoms with Gasteiger partial charge < -0.3 is 10.3 Å². The van der Waals surface area contributed by atoms with Crippen LogP contribution in [0.5, 0.6) is 0 Å². The van der Waals surface area contributed by atoms with E-state index in [0.717, 1.165) is 6.54 Å². The van der Waals surface area contributed by atoms with Crippen LogP contribution in [-0.4, -0.2) is 35.2 Å². The standard InChI is InChI=1S/C10H20N4O.ClH/c1-8-12-9(15-13-8)5-14(4)7-10(2,3)6-11;/h5-7,11H2,1-4H3;1H. The van der Waals surface area contributed by atoms with Crippen molar-refractivity contribution in [2.24, 2.45) is 11.1 Å². The Morgan fingerprint density at radius 1 is 1.44 bits per heavy atom. The van der Waals surface area contributed by atoms with Gasteiger partial charge in [0.2, 0.25) is 5.89 Å². The Labute approximate surface area is 103 Å².